The first kappa shape index (κ1) is 12.9. The highest BCUT2D eigenvalue weighted by atomic mass is 16.4. The molecule has 1 saturated heterocycles. The first-order valence-corrected chi connectivity index (χ1v) is 6.45. The molecule has 0 atom stereocenters. The number of carboxylic acid groups (broad SMARTS) is 1. The van der Waals surface area contributed by atoms with E-state index in [9.17, 15) is 4.79 Å². The van der Waals surface area contributed by atoms with Gasteiger partial charge < -0.3 is 15.7 Å². The summed E-state index contributed by atoms with van der Waals surface area (Å²) in [5.41, 5.74) is 7.72. The fourth-order valence-corrected chi connectivity index (χ4v) is 2.38. The predicted octanol–water partition coefficient (Wildman–Crippen LogP) is 1.61. The van der Waals surface area contributed by atoms with E-state index in [4.69, 9.17) is 10.8 Å². The molecule has 3 N–H and O–H groups in total. The van der Waals surface area contributed by atoms with Gasteiger partial charge in [0.1, 0.15) is 0 Å². The molecule has 0 radical (unpaired) electrons. The van der Waals surface area contributed by atoms with Crippen molar-refractivity contribution in [1.82, 2.24) is 4.90 Å². The van der Waals surface area contributed by atoms with E-state index in [1.165, 1.54) is 5.56 Å². The Kier molecular flexibility index (Phi) is 4.20. The monoisotopic (exact) mass is 248 g/mol. The minimum Gasteiger partial charge on any atom is -0.481 e. The number of hydrogen-bond donors (Lipinski definition) is 2. The summed E-state index contributed by atoms with van der Waals surface area (Å²) in [7, 11) is 0. The quantitative estimate of drug-likeness (QED) is 0.794. The third-order valence-corrected chi connectivity index (χ3v) is 3.63. The smallest absolute Gasteiger partial charge is 0.306 e. The topological polar surface area (TPSA) is 66.6 Å². The van der Waals surface area contributed by atoms with Gasteiger partial charge >= 0.3 is 5.97 Å². The van der Waals surface area contributed by atoms with Gasteiger partial charge in [0, 0.05) is 12.2 Å². The summed E-state index contributed by atoms with van der Waals surface area (Å²) < 4.78 is 0. The van der Waals surface area contributed by atoms with Crippen LogP contribution in [0, 0.1) is 5.92 Å². The Morgan fingerprint density at radius 1 is 1.28 bits per heavy atom. The lowest BCUT2D eigenvalue weighted by molar-refractivity contribution is -0.143. The zero-order valence-corrected chi connectivity index (χ0v) is 10.5. The molecule has 0 aliphatic carbocycles. The van der Waals surface area contributed by atoms with Crippen LogP contribution in [-0.2, 0) is 11.2 Å². The van der Waals surface area contributed by atoms with E-state index in [1.54, 1.807) is 0 Å². The molecule has 18 heavy (non-hydrogen) atoms. The van der Waals surface area contributed by atoms with E-state index in [-0.39, 0.29) is 5.92 Å². The van der Waals surface area contributed by atoms with Gasteiger partial charge in [0.25, 0.3) is 0 Å². The number of aliphatic carboxylic acids is 1. The van der Waals surface area contributed by atoms with Crippen molar-refractivity contribution in [3.63, 3.8) is 0 Å². The predicted molar refractivity (Wildman–Crippen MR) is 71.4 cm³/mol. The first-order valence-electron chi connectivity index (χ1n) is 6.45. The van der Waals surface area contributed by atoms with E-state index in [0.717, 1.165) is 44.6 Å². The van der Waals surface area contributed by atoms with Crippen LogP contribution in [0.3, 0.4) is 0 Å². The highest BCUT2D eigenvalue weighted by Gasteiger charge is 2.23. The normalized spacial score (nSPS) is 17.8. The van der Waals surface area contributed by atoms with E-state index in [1.807, 2.05) is 12.1 Å². The maximum atomic E-state index is 10.8. The molecule has 1 fully saturated rings. The Balaban J connectivity index is 1.75. The van der Waals surface area contributed by atoms with Crippen molar-refractivity contribution in [3.8, 4) is 0 Å². The van der Waals surface area contributed by atoms with Gasteiger partial charge in [-0.1, -0.05) is 12.1 Å². The molecule has 4 heteroatoms. The van der Waals surface area contributed by atoms with Crippen LogP contribution in [0.15, 0.2) is 24.3 Å². The number of likely N-dealkylation sites (tertiary alicyclic amines) is 1. The third-order valence-electron chi connectivity index (χ3n) is 3.63. The van der Waals surface area contributed by atoms with Gasteiger partial charge in [-0.3, -0.25) is 4.79 Å². The number of nitrogens with two attached hydrogens (primary N) is 1. The van der Waals surface area contributed by atoms with Crippen molar-refractivity contribution < 1.29 is 9.90 Å². The van der Waals surface area contributed by atoms with Crippen LogP contribution >= 0.6 is 0 Å². The Morgan fingerprint density at radius 2 is 1.89 bits per heavy atom. The van der Waals surface area contributed by atoms with Crippen LogP contribution in [0.25, 0.3) is 0 Å². The molecule has 0 amide bonds. The first-order chi connectivity index (χ1) is 8.65. The van der Waals surface area contributed by atoms with Crippen molar-refractivity contribution in [3.05, 3.63) is 29.8 Å². The second-order valence-electron chi connectivity index (χ2n) is 4.95. The van der Waals surface area contributed by atoms with Crippen molar-refractivity contribution in [2.45, 2.75) is 19.3 Å². The number of nitrogen functional groups attached to an aromatic ring is 1. The Hall–Kier alpha value is -1.55. The Labute approximate surface area is 107 Å². The summed E-state index contributed by atoms with van der Waals surface area (Å²) in [6.45, 7) is 2.79. The number of rotatable bonds is 4. The Morgan fingerprint density at radius 3 is 2.44 bits per heavy atom. The Bertz CT molecular complexity index is 395. The van der Waals surface area contributed by atoms with Crippen LogP contribution in [0.2, 0.25) is 0 Å². The molecule has 0 bridgehead atoms. The second kappa shape index (κ2) is 5.87. The number of anilines is 1. The second-order valence-corrected chi connectivity index (χ2v) is 4.95. The number of nitrogens with zero attached hydrogens (tertiary/aromatic N) is 1. The lowest BCUT2D eigenvalue weighted by Crippen LogP contribution is -2.37. The fourth-order valence-electron chi connectivity index (χ4n) is 2.38. The van der Waals surface area contributed by atoms with Gasteiger partial charge in [0.2, 0.25) is 0 Å². The number of benzene rings is 1. The molecule has 98 valence electrons. The molecule has 1 aliphatic heterocycles. The zero-order chi connectivity index (χ0) is 13.0. The highest BCUT2D eigenvalue weighted by molar-refractivity contribution is 5.70. The molecule has 0 saturated carbocycles. The minimum atomic E-state index is -0.645. The van der Waals surface area contributed by atoms with Crippen LogP contribution in [0.1, 0.15) is 18.4 Å². The fraction of sp³-hybridized carbons (Fsp3) is 0.500. The molecule has 2 rings (SSSR count). The summed E-state index contributed by atoms with van der Waals surface area (Å²) in [4.78, 5) is 13.2. The number of carbonyl (C=O) groups is 1. The van der Waals surface area contributed by atoms with Crippen molar-refractivity contribution in [2.24, 2.45) is 5.92 Å². The van der Waals surface area contributed by atoms with Crippen molar-refractivity contribution in [1.29, 1.82) is 0 Å². The van der Waals surface area contributed by atoms with E-state index < -0.39 is 5.97 Å². The maximum absolute atomic E-state index is 10.8. The molecule has 0 unspecified atom stereocenters. The lowest BCUT2D eigenvalue weighted by Gasteiger charge is -2.29. The van der Waals surface area contributed by atoms with Gasteiger partial charge in [-0.15, -0.1) is 0 Å². The summed E-state index contributed by atoms with van der Waals surface area (Å²) in [5.74, 6) is -0.786. The molecule has 0 spiro atoms. The molecule has 0 aromatic heterocycles. The van der Waals surface area contributed by atoms with E-state index in [2.05, 4.69) is 17.0 Å². The molecule has 1 aromatic rings. The average Bonchev–Trinajstić information content (AvgIpc) is 2.38. The minimum absolute atomic E-state index is 0.141. The molecular formula is C14H20N2O2. The van der Waals surface area contributed by atoms with Gasteiger partial charge in [-0.2, -0.15) is 0 Å². The largest absolute Gasteiger partial charge is 0.481 e. The molecule has 1 aromatic carbocycles. The molecule has 4 nitrogen and oxygen atoms in total. The zero-order valence-electron chi connectivity index (χ0n) is 10.5. The molecule has 1 heterocycles. The standard InChI is InChI=1S/C14H20N2O2/c15-13-3-1-11(2-4-13)5-8-16-9-6-12(7-10-16)14(17)18/h1-4,12H,5-10,15H2,(H,17,18). The van der Waals surface area contributed by atoms with Crippen LogP contribution in [0.4, 0.5) is 5.69 Å². The average molecular weight is 248 g/mol. The van der Waals surface area contributed by atoms with Gasteiger partial charge in [0.05, 0.1) is 5.92 Å². The van der Waals surface area contributed by atoms with Crippen molar-refractivity contribution >= 4 is 11.7 Å². The summed E-state index contributed by atoms with van der Waals surface area (Å²) in [6, 6.07) is 7.96. The summed E-state index contributed by atoms with van der Waals surface area (Å²) >= 11 is 0. The van der Waals surface area contributed by atoms with Gasteiger partial charge in [0.15, 0.2) is 0 Å². The number of carboxylic acids is 1. The van der Waals surface area contributed by atoms with Crippen LogP contribution in [-0.4, -0.2) is 35.6 Å². The van der Waals surface area contributed by atoms with Gasteiger partial charge in [-0.05, 0) is 50.0 Å². The van der Waals surface area contributed by atoms with E-state index in [0.29, 0.717) is 0 Å². The number of hydrogen-bond acceptors (Lipinski definition) is 3. The molecule has 1 aliphatic rings. The van der Waals surface area contributed by atoms with E-state index >= 15 is 0 Å². The number of piperidine rings is 1. The molecular weight excluding hydrogens is 228 g/mol. The van der Waals surface area contributed by atoms with Crippen molar-refractivity contribution in [2.75, 3.05) is 25.4 Å². The van der Waals surface area contributed by atoms with Crippen LogP contribution < -0.4 is 5.73 Å². The lowest BCUT2D eigenvalue weighted by atomic mass is 9.97. The summed E-state index contributed by atoms with van der Waals surface area (Å²) in [6.07, 6.45) is 2.55. The summed E-state index contributed by atoms with van der Waals surface area (Å²) in [5, 5.41) is 8.93. The van der Waals surface area contributed by atoms with Crippen LogP contribution in [0.5, 0.6) is 0 Å². The maximum Gasteiger partial charge on any atom is 0.306 e. The van der Waals surface area contributed by atoms with Gasteiger partial charge in [-0.25, -0.2) is 0 Å². The third kappa shape index (κ3) is 3.47. The highest BCUT2D eigenvalue weighted by Crippen LogP contribution is 2.17. The SMILES string of the molecule is Nc1ccc(CCN2CCC(C(=O)O)CC2)cc1.